The predicted molar refractivity (Wildman–Crippen MR) is 123 cm³/mol. The predicted octanol–water partition coefficient (Wildman–Crippen LogP) is -2.03. The number of aliphatic hydroxyl groups excluding tert-OH is 1. The molecule has 200 valence electrons. The second-order valence-electron chi connectivity index (χ2n) is 7.41. The number of ether oxygens (including phenoxy) is 2. The van der Waals surface area contributed by atoms with E-state index in [0.29, 0.717) is 0 Å². The van der Waals surface area contributed by atoms with E-state index in [1.54, 1.807) is 0 Å². The van der Waals surface area contributed by atoms with Crippen molar-refractivity contribution >= 4 is 64.2 Å². The number of carbonyl (C=O) groups excluding carboxylic acids is 4. The normalized spacial score (nSPS) is 20.2. The van der Waals surface area contributed by atoms with Crippen molar-refractivity contribution in [2.45, 2.75) is 23.6 Å². The minimum atomic E-state index is -1.84. The number of anilines is 1. The van der Waals surface area contributed by atoms with Crippen LogP contribution in [0.2, 0.25) is 0 Å². The van der Waals surface area contributed by atoms with Crippen molar-refractivity contribution in [2.24, 2.45) is 11.5 Å². The Morgan fingerprint density at radius 3 is 2.57 bits per heavy atom. The molecule has 0 aliphatic carbocycles. The molecular formula is C18H20N6O11S2. The Hall–Kier alpha value is -3.94. The number of carbonyl (C=O) groups is 6. The maximum atomic E-state index is 12.6. The highest BCUT2D eigenvalue weighted by Crippen LogP contribution is 2.40. The minimum Gasteiger partial charge on any atom is -0.480 e. The van der Waals surface area contributed by atoms with E-state index >= 15 is 0 Å². The molecule has 0 spiro atoms. The number of nitrogens with one attached hydrogen (secondary N) is 2. The molecule has 1 saturated heterocycles. The van der Waals surface area contributed by atoms with E-state index < -0.39 is 72.7 Å². The van der Waals surface area contributed by atoms with Gasteiger partial charge in [0.25, 0.3) is 11.8 Å². The first-order valence-corrected chi connectivity index (χ1v) is 12.0. The SMILES string of the molecule is NC(=O)OCC1=C(C(=O)O)N2C(=O)[C@@H](NC(=O)C(O)c3csc(NC(=O)OC[C@@H](N)C(=O)O)n3)[C@@H]2SC1. The van der Waals surface area contributed by atoms with Gasteiger partial charge in [0, 0.05) is 16.7 Å². The largest absolute Gasteiger partial charge is 0.480 e. The number of thiazole rings is 1. The number of primary amides is 1. The fourth-order valence-electron chi connectivity index (χ4n) is 3.15. The Labute approximate surface area is 214 Å². The van der Waals surface area contributed by atoms with E-state index in [9.17, 15) is 39.0 Å². The van der Waals surface area contributed by atoms with Crippen LogP contribution in [0.4, 0.5) is 14.7 Å². The lowest BCUT2D eigenvalue weighted by Gasteiger charge is -2.49. The fourth-order valence-corrected chi connectivity index (χ4v) is 5.19. The first kappa shape index (κ1) is 27.6. The number of fused-ring (bicyclic) bond motifs is 1. The van der Waals surface area contributed by atoms with Crippen LogP contribution in [-0.2, 0) is 28.7 Å². The molecule has 2 aliphatic heterocycles. The van der Waals surface area contributed by atoms with Crippen LogP contribution in [0.5, 0.6) is 0 Å². The molecule has 2 aliphatic rings. The quantitative estimate of drug-likeness (QED) is 0.152. The third kappa shape index (κ3) is 6.25. The van der Waals surface area contributed by atoms with Gasteiger partial charge in [-0.1, -0.05) is 0 Å². The Bertz CT molecular complexity index is 1170. The second kappa shape index (κ2) is 11.4. The Kier molecular flexibility index (Phi) is 8.53. The third-order valence-electron chi connectivity index (χ3n) is 4.91. The number of hydrogen-bond acceptors (Lipinski definition) is 13. The van der Waals surface area contributed by atoms with E-state index in [4.69, 9.17) is 16.6 Å². The maximum Gasteiger partial charge on any atom is 0.413 e. The van der Waals surface area contributed by atoms with Gasteiger partial charge in [0.05, 0.1) is 5.69 Å². The molecule has 1 fully saturated rings. The number of aliphatic carboxylic acids is 2. The van der Waals surface area contributed by atoms with Gasteiger partial charge in [0.2, 0.25) is 0 Å². The molecule has 0 bridgehead atoms. The summed E-state index contributed by atoms with van der Waals surface area (Å²) in [6.45, 7) is -1.02. The summed E-state index contributed by atoms with van der Waals surface area (Å²) >= 11 is 1.94. The van der Waals surface area contributed by atoms with Gasteiger partial charge in [-0.05, 0) is 0 Å². The van der Waals surface area contributed by atoms with Crippen molar-refractivity contribution in [3.05, 3.63) is 22.3 Å². The molecule has 4 amide bonds. The number of carboxylic acids is 2. The average Bonchev–Trinajstić information content (AvgIpc) is 3.30. The molecule has 9 N–H and O–H groups in total. The van der Waals surface area contributed by atoms with Gasteiger partial charge in [0.1, 0.15) is 36.4 Å². The highest BCUT2D eigenvalue weighted by atomic mass is 32.2. The molecule has 1 aromatic heterocycles. The van der Waals surface area contributed by atoms with Crippen molar-refractivity contribution in [3.63, 3.8) is 0 Å². The van der Waals surface area contributed by atoms with Crippen LogP contribution in [0.25, 0.3) is 0 Å². The summed E-state index contributed by atoms with van der Waals surface area (Å²) in [5.41, 5.74) is 9.72. The number of β-lactam (4-membered cyclic amide) rings is 1. The molecule has 4 atom stereocenters. The highest BCUT2D eigenvalue weighted by Gasteiger charge is 2.54. The zero-order valence-corrected chi connectivity index (χ0v) is 20.1. The summed E-state index contributed by atoms with van der Waals surface area (Å²) < 4.78 is 9.26. The van der Waals surface area contributed by atoms with E-state index in [-0.39, 0.29) is 27.8 Å². The van der Waals surface area contributed by atoms with Crippen molar-refractivity contribution in [3.8, 4) is 0 Å². The second-order valence-corrected chi connectivity index (χ2v) is 9.37. The topological polar surface area (TPSA) is 274 Å². The van der Waals surface area contributed by atoms with E-state index in [0.717, 1.165) is 28.0 Å². The fraction of sp³-hybridized carbons (Fsp3) is 0.389. The summed E-state index contributed by atoms with van der Waals surface area (Å²) in [5, 5.41) is 33.5. The van der Waals surface area contributed by atoms with Gasteiger partial charge >= 0.3 is 24.1 Å². The van der Waals surface area contributed by atoms with Crippen LogP contribution in [0, 0.1) is 0 Å². The smallest absolute Gasteiger partial charge is 0.413 e. The summed E-state index contributed by atoms with van der Waals surface area (Å²) in [7, 11) is 0. The van der Waals surface area contributed by atoms with Gasteiger partial charge in [-0.25, -0.2) is 19.4 Å². The molecule has 0 radical (unpaired) electrons. The molecule has 1 unspecified atom stereocenters. The average molecular weight is 561 g/mol. The lowest BCUT2D eigenvalue weighted by Crippen LogP contribution is -2.71. The molecule has 3 heterocycles. The van der Waals surface area contributed by atoms with Gasteiger partial charge < -0.3 is 41.6 Å². The third-order valence-corrected chi connectivity index (χ3v) is 7.02. The molecule has 19 heteroatoms. The molecule has 0 saturated carbocycles. The Morgan fingerprint density at radius 1 is 1.24 bits per heavy atom. The monoisotopic (exact) mass is 560 g/mol. The summed E-state index contributed by atoms with van der Waals surface area (Å²) in [5.74, 6) is -4.49. The maximum absolute atomic E-state index is 12.6. The Morgan fingerprint density at radius 2 is 1.95 bits per heavy atom. The number of carboxylic acid groups (broad SMARTS) is 2. The number of hydrogen-bond donors (Lipinski definition) is 7. The highest BCUT2D eigenvalue weighted by molar-refractivity contribution is 8.00. The van der Waals surface area contributed by atoms with Crippen LogP contribution in [0.3, 0.4) is 0 Å². The van der Waals surface area contributed by atoms with Crippen molar-refractivity contribution < 1.29 is 53.6 Å². The van der Waals surface area contributed by atoms with Crippen LogP contribution >= 0.6 is 23.1 Å². The Balaban J connectivity index is 1.58. The van der Waals surface area contributed by atoms with Gasteiger partial charge in [-0.2, -0.15) is 0 Å². The van der Waals surface area contributed by atoms with Gasteiger partial charge in [-0.15, -0.1) is 23.1 Å². The van der Waals surface area contributed by atoms with E-state index in [2.05, 4.69) is 25.1 Å². The van der Waals surface area contributed by atoms with E-state index in [1.165, 1.54) is 5.38 Å². The number of amides is 4. The summed E-state index contributed by atoms with van der Waals surface area (Å²) in [4.78, 5) is 74.9. The van der Waals surface area contributed by atoms with Gasteiger partial charge in [-0.3, -0.25) is 24.6 Å². The van der Waals surface area contributed by atoms with E-state index in [1.807, 2.05) is 0 Å². The first-order valence-electron chi connectivity index (χ1n) is 10.1. The standard InChI is InChI=1S/C18H20N6O11S2/c19-6(14(28)29)2-35-18(33)23-17-21-7(4-37-17)10(25)11(26)22-8-12(27)24-9(15(30)31)5(1-34-16(20)32)3-36-13(8)24/h4,6,8,10,13,25H,1-3,19H2,(H2,20,32)(H,22,26)(H,28,29)(H,30,31)(H,21,23,33)/t6-,8-,10?,13+/m1/s1. The number of rotatable bonds is 10. The molecule has 17 nitrogen and oxygen atoms in total. The number of nitrogens with zero attached hydrogens (tertiary/aromatic N) is 2. The first-order chi connectivity index (χ1) is 17.4. The van der Waals surface area contributed by atoms with Crippen molar-refractivity contribution in [2.75, 3.05) is 24.3 Å². The minimum absolute atomic E-state index is 0.0763. The summed E-state index contributed by atoms with van der Waals surface area (Å²) in [6, 6.07) is -2.57. The van der Waals surface area contributed by atoms with Crippen LogP contribution in [0.1, 0.15) is 11.8 Å². The number of nitrogens with two attached hydrogens (primary N) is 2. The number of aromatic nitrogens is 1. The van der Waals surface area contributed by atoms with Gasteiger partial charge in [0.15, 0.2) is 11.2 Å². The zero-order chi connectivity index (χ0) is 27.4. The molecule has 3 rings (SSSR count). The zero-order valence-electron chi connectivity index (χ0n) is 18.5. The van der Waals surface area contributed by atoms with Crippen molar-refractivity contribution in [1.82, 2.24) is 15.2 Å². The summed E-state index contributed by atoms with van der Waals surface area (Å²) in [6.07, 6.45) is -4.01. The lowest BCUT2D eigenvalue weighted by atomic mass is 10.0. The number of thioether (sulfide) groups is 1. The molecule has 37 heavy (non-hydrogen) atoms. The molecule has 0 aromatic carbocycles. The van der Waals surface area contributed by atoms with Crippen molar-refractivity contribution in [1.29, 1.82) is 0 Å². The number of aliphatic hydroxyl groups is 1. The van der Waals surface area contributed by atoms with Crippen LogP contribution in [0.15, 0.2) is 16.7 Å². The van der Waals surface area contributed by atoms with Crippen LogP contribution in [-0.4, -0.2) is 97.6 Å². The molecular weight excluding hydrogens is 540 g/mol. The van der Waals surface area contributed by atoms with Crippen LogP contribution < -0.4 is 22.1 Å². The molecule has 1 aromatic rings. The lowest BCUT2D eigenvalue weighted by molar-refractivity contribution is -0.151.